The second-order valence-electron chi connectivity index (χ2n) is 4.57. The summed E-state index contributed by atoms with van der Waals surface area (Å²) in [4.78, 5) is 26.1. The molecule has 6 nitrogen and oxygen atoms in total. The van der Waals surface area contributed by atoms with Crippen LogP contribution < -0.4 is 4.74 Å². The zero-order chi connectivity index (χ0) is 15.4. The Morgan fingerprint density at radius 3 is 2.57 bits per heavy atom. The van der Waals surface area contributed by atoms with Gasteiger partial charge in [0, 0.05) is 5.56 Å². The number of aryl methyl sites for hydroxylation is 1. The molecule has 1 aromatic carbocycles. The molecule has 2 aromatic rings. The second kappa shape index (κ2) is 6.13. The number of carbonyl (C=O) groups excluding carboxylic acids is 1. The second-order valence-corrected chi connectivity index (χ2v) is 4.57. The Hall–Kier alpha value is -2.76. The number of benzene rings is 1. The average Bonchev–Trinajstić information content (AvgIpc) is 2.47. The highest BCUT2D eigenvalue weighted by atomic mass is 16.6. The largest absolute Gasteiger partial charge is 0.474 e. The van der Waals surface area contributed by atoms with Crippen LogP contribution in [0.25, 0.3) is 0 Å². The van der Waals surface area contributed by atoms with Crippen LogP contribution in [0, 0.1) is 17.0 Å². The van der Waals surface area contributed by atoms with Gasteiger partial charge in [0.2, 0.25) is 11.5 Å². The van der Waals surface area contributed by atoms with Crippen LogP contribution in [0.5, 0.6) is 5.75 Å². The van der Waals surface area contributed by atoms with Crippen molar-refractivity contribution in [2.75, 3.05) is 0 Å². The standard InChI is InChI=1S/C15H14N2O4/c1-10-5-7-12(8-6-10)14(18)11(2)21-13-4-3-9-16-15(13)17(19)20/h3-9,11H,1-2H3. The monoisotopic (exact) mass is 286 g/mol. The number of nitro groups is 1. The van der Waals surface area contributed by atoms with E-state index in [1.54, 1.807) is 19.1 Å². The molecular weight excluding hydrogens is 272 g/mol. The van der Waals surface area contributed by atoms with Gasteiger partial charge in [-0.3, -0.25) is 4.79 Å². The third kappa shape index (κ3) is 3.42. The molecule has 2 rings (SSSR count). The van der Waals surface area contributed by atoms with E-state index in [1.165, 1.54) is 18.3 Å². The lowest BCUT2D eigenvalue weighted by atomic mass is 10.1. The topological polar surface area (TPSA) is 82.3 Å². The summed E-state index contributed by atoms with van der Waals surface area (Å²) in [5, 5.41) is 10.9. The number of Topliss-reactive ketones (excluding diaryl/α,β-unsaturated/α-hetero) is 1. The van der Waals surface area contributed by atoms with Gasteiger partial charge in [0.1, 0.15) is 6.20 Å². The van der Waals surface area contributed by atoms with E-state index in [0.29, 0.717) is 5.56 Å². The molecule has 0 spiro atoms. The maximum Gasteiger partial charge on any atom is 0.406 e. The van der Waals surface area contributed by atoms with E-state index in [-0.39, 0.29) is 11.5 Å². The molecule has 0 fully saturated rings. The Bertz CT molecular complexity index is 668. The minimum Gasteiger partial charge on any atom is -0.474 e. The third-order valence-corrected chi connectivity index (χ3v) is 2.93. The average molecular weight is 286 g/mol. The summed E-state index contributed by atoms with van der Waals surface area (Å²) in [5.74, 6) is -0.662. The van der Waals surface area contributed by atoms with E-state index in [9.17, 15) is 14.9 Å². The Balaban J connectivity index is 2.18. The zero-order valence-electron chi connectivity index (χ0n) is 11.6. The number of nitrogens with zero attached hydrogens (tertiary/aromatic N) is 2. The summed E-state index contributed by atoms with van der Waals surface area (Å²) in [5.41, 5.74) is 1.54. The van der Waals surface area contributed by atoms with Gasteiger partial charge in [-0.15, -0.1) is 0 Å². The zero-order valence-corrected chi connectivity index (χ0v) is 11.6. The van der Waals surface area contributed by atoms with Crippen molar-refractivity contribution in [2.24, 2.45) is 0 Å². The first-order chi connectivity index (χ1) is 9.99. The molecule has 0 saturated carbocycles. The normalized spacial score (nSPS) is 11.7. The smallest absolute Gasteiger partial charge is 0.406 e. The Kier molecular flexibility index (Phi) is 4.27. The lowest BCUT2D eigenvalue weighted by Gasteiger charge is -2.13. The van der Waals surface area contributed by atoms with E-state index >= 15 is 0 Å². The van der Waals surface area contributed by atoms with Crippen LogP contribution in [0.15, 0.2) is 42.6 Å². The van der Waals surface area contributed by atoms with Crippen LogP contribution in [0.3, 0.4) is 0 Å². The van der Waals surface area contributed by atoms with Gasteiger partial charge in [0.15, 0.2) is 6.10 Å². The number of carbonyl (C=O) groups is 1. The van der Waals surface area contributed by atoms with Crippen molar-refractivity contribution in [2.45, 2.75) is 20.0 Å². The number of hydrogen-bond acceptors (Lipinski definition) is 5. The molecule has 108 valence electrons. The SMILES string of the molecule is Cc1ccc(C(=O)C(C)Oc2cccnc2[N+](=O)[O-])cc1. The quantitative estimate of drug-likeness (QED) is 0.479. The van der Waals surface area contributed by atoms with Gasteiger partial charge in [-0.05, 0) is 35.9 Å². The molecule has 0 amide bonds. The Morgan fingerprint density at radius 2 is 1.95 bits per heavy atom. The third-order valence-electron chi connectivity index (χ3n) is 2.93. The minimum absolute atomic E-state index is 0.0181. The molecule has 6 heteroatoms. The summed E-state index contributed by atoms with van der Waals surface area (Å²) < 4.78 is 5.40. The van der Waals surface area contributed by atoms with Crippen molar-refractivity contribution in [1.29, 1.82) is 0 Å². The molecular formula is C15H14N2O4. The van der Waals surface area contributed by atoms with Crippen LogP contribution >= 0.6 is 0 Å². The van der Waals surface area contributed by atoms with E-state index in [1.807, 2.05) is 19.1 Å². The summed E-state index contributed by atoms with van der Waals surface area (Å²) in [6.07, 6.45) is 0.466. The van der Waals surface area contributed by atoms with E-state index in [0.717, 1.165) is 5.56 Å². The van der Waals surface area contributed by atoms with E-state index in [4.69, 9.17) is 4.74 Å². The van der Waals surface area contributed by atoms with Crippen LogP contribution in [0.1, 0.15) is 22.8 Å². The van der Waals surface area contributed by atoms with Gasteiger partial charge in [-0.1, -0.05) is 29.8 Å². The van der Waals surface area contributed by atoms with Crippen LogP contribution in [-0.4, -0.2) is 21.8 Å². The predicted molar refractivity (Wildman–Crippen MR) is 76.5 cm³/mol. The van der Waals surface area contributed by atoms with Gasteiger partial charge < -0.3 is 14.9 Å². The molecule has 0 saturated heterocycles. The van der Waals surface area contributed by atoms with Crippen LogP contribution in [-0.2, 0) is 0 Å². The van der Waals surface area contributed by atoms with Gasteiger partial charge in [-0.2, -0.15) is 0 Å². The highest BCUT2D eigenvalue weighted by Gasteiger charge is 2.22. The first-order valence-electron chi connectivity index (χ1n) is 6.36. The number of pyridine rings is 1. The van der Waals surface area contributed by atoms with Gasteiger partial charge in [-0.25, -0.2) is 0 Å². The minimum atomic E-state index is -0.837. The Labute approximate surface area is 121 Å². The van der Waals surface area contributed by atoms with Gasteiger partial charge >= 0.3 is 5.82 Å². The molecule has 1 heterocycles. The lowest BCUT2D eigenvalue weighted by molar-refractivity contribution is -0.390. The highest BCUT2D eigenvalue weighted by molar-refractivity contribution is 5.99. The Morgan fingerprint density at radius 1 is 1.29 bits per heavy atom. The summed E-state index contributed by atoms with van der Waals surface area (Å²) in [6, 6.07) is 10.00. The summed E-state index contributed by atoms with van der Waals surface area (Å²) in [7, 11) is 0. The highest BCUT2D eigenvalue weighted by Crippen LogP contribution is 2.24. The number of aromatic nitrogens is 1. The molecule has 1 unspecified atom stereocenters. The molecule has 0 N–H and O–H groups in total. The van der Waals surface area contributed by atoms with Crippen molar-refractivity contribution in [3.8, 4) is 5.75 Å². The van der Waals surface area contributed by atoms with E-state index < -0.39 is 16.8 Å². The fraction of sp³-hybridized carbons (Fsp3) is 0.200. The summed E-state index contributed by atoms with van der Waals surface area (Å²) in [6.45, 7) is 3.48. The number of ketones is 1. The molecule has 21 heavy (non-hydrogen) atoms. The first kappa shape index (κ1) is 14.6. The molecule has 0 bridgehead atoms. The van der Waals surface area contributed by atoms with Crippen molar-refractivity contribution >= 4 is 11.6 Å². The fourth-order valence-electron chi connectivity index (χ4n) is 1.81. The molecule has 1 atom stereocenters. The van der Waals surface area contributed by atoms with Crippen LogP contribution in [0.4, 0.5) is 5.82 Å². The van der Waals surface area contributed by atoms with Crippen LogP contribution in [0.2, 0.25) is 0 Å². The van der Waals surface area contributed by atoms with E-state index in [2.05, 4.69) is 4.98 Å². The van der Waals surface area contributed by atoms with Crippen molar-refractivity contribution in [1.82, 2.24) is 4.98 Å². The molecule has 0 aliphatic carbocycles. The first-order valence-corrected chi connectivity index (χ1v) is 6.36. The fourth-order valence-corrected chi connectivity index (χ4v) is 1.81. The maximum atomic E-state index is 12.2. The van der Waals surface area contributed by atoms with Gasteiger partial charge in [0.25, 0.3) is 0 Å². The summed E-state index contributed by atoms with van der Waals surface area (Å²) >= 11 is 0. The number of rotatable bonds is 5. The lowest BCUT2D eigenvalue weighted by Crippen LogP contribution is -2.24. The molecule has 1 aromatic heterocycles. The maximum absolute atomic E-state index is 12.2. The number of ether oxygens (including phenoxy) is 1. The molecule has 0 aliphatic rings. The van der Waals surface area contributed by atoms with Gasteiger partial charge in [0.05, 0.1) is 0 Å². The van der Waals surface area contributed by atoms with Crippen molar-refractivity contribution in [3.05, 3.63) is 63.8 Å². The van der Waals surface area contributed by atoms with Crippen molar-refractivity contribution in [3.63, 3.8) is 0 Å². The molecule has 0 radical (unpaired) electrons. The number of hydrogen-bond donors (Lipinski definition) is 0. The molecule has 0 aliphatic heterocycles. The predicted octanol–water partition coefficient (Wildman–Crippen LogP) is 2.95. The van der Waals surface area contributed by atoms with Crippen molar-refractivity contribution < 1.29 is 14.5 Å².